The molecular formula is C11H16N2O3S. The van der Waals surface area contributed by atoms with E-state index >= 15 is 0 Å². The van der Waals surface area contributed by atoms with Crippen LogP contribution < -0.4 is 10.5 Å². The monoisotopic (exact) mass is 256 g/mol. The number of primary sulfonamides is 1. The maximum absolute atomic E-state index is 11.5. The summed E-state index contributed by atoms with van der Waals surface area (Å²) in [6, 6.07) is 6.38. The Bertz CT molecular complexity index is 507. The van der Waals surface area contributed by atoms with Crippen LogP contribution in [0.4, 0.5) is 0 Å². The van der Waals surface area contributed by atoms with Gasteiger partial charge in [-0.05, 0) is 32.0 Å². The van der Waals surface area contributed by atoms with Gasteiger partial charge in [0.2, 0.25) is 10.0 Å². The molecule has 0 amide bonds. The number of sulfonamides is 1. The zero-order chi connectivity index (χ0) is 12.5. The molecule has 1 aliphatic rings. The van der Waals surface area contributed by atoms with Crippen LogP contribution in [0.1, 0.15) is 18.4 Å². The van der Waals surface area contributed by atoms with Gasteiger partial charge in [0.25, 0.3) is 0 Å². The zero-order valence-corrected chi connectivity index (χ0v) is 10.2. The molecule has 0 aromatic heterocycles. The number of hydrogen-bond donors (Lipinski definition) is 3. The van der Waals surface area contributed by atoms with Gasteiger partial charge < -0.3 is 10.4 Å². The Labute approximate surface area is 101 Å². The van der Waals surface area contributed by atoms with E-state index in [2.05, 4.69) is 5.32 Å². The molecule has 6 heteroatoms. The number of rotatable bonds is 2. The van der Waals surface area contributed by atoms with Gasteiger partial charge in [0.05, 0.1) is 10.5 Å². The first-order valence-electron chi connectivity index (χ1n) is 5.49. The molecule has 0 aliphatic carbocycles. The molecule has 0 bridgehead atoms. The third-order valence-corrected chi connectivity index (χ3v) is 4.09. The number of hydrogen-bond acceptors (Lipinski definition) is 4. The van der Waals surface area contributed by atoms with E-state index in [-0.39, 0.29) is 4.90 Å². The molecule has 0 spiro atoms. The molecule has 0 unspecified atom stereocenters. The van der Waals surface area contributed by atoms with Crippen LogP contribution >= 0.6 is 0 Å². The molecule has 0 atom stereocenters. The van der Waals surface area contributed by atoms with Crippen molar-refractivity contribution in [3.8, 4) is 0 Å². The van der Waals surface area contributed by atoms with E-state index in [4.69, 9.17) is 5.14 Å². The van der Waals surface area contributed by atoms with Gasteiger partial charge in [0.15, 0.2) is 0 Å². The number of nitrogens with one attached hydrogen (secondary N) is 1. The molecule has 1 heterocycles. The second-order valence-electron chi connectivity index (χ2n) is 4.32. The molecule has 94 valence electrons. The van der Waals surface area contributed by atoms with Crippen molar-refractivity contribution in [2.75, 3.05) is 13.1 Å². The molecular weight excluding hydrogens is 240 g/mol. The van der Waals surface area contributed by atoms with Crippen LogP contribution in [0.2, 0.25) is 0 Å². The average Bonchev–Trinajstić information content (AvgIpc) is 2.29. The first-order valence-corrected chi connectivity index (χ1v) is 7.03. The summed E-state index contributed by atoms with van der Waals surface area (Å²) in [7, 11) is -3.80. The summed E-state index contributed by atoms with van der Waals surface area (Å²) in [5, 5.41) is 18.8. The van der Waals surface area contributed by atoms with Crippen LogP contribution in [0, 0.1) is 0 Å². The Morgan fingerprint density at radius 2 is 1.82 bits per heavy atom. The van der Waals surface area contributed by atoms with Gasteiger partial charge in [-0.15, -0.1) is 0 Å². The highest BCUT2D eigenvalue weighted by atomic mass is 32.2. The summed E-state index contributed by atoms with van der Waals surface area (Å²) < 4.78 is 23.0. The fraction of sp³-hybridized carbons (Fsp3) is 0.455. The number of benzene rings is 1. The lowest BCUT2D eigenvalue weighted by molar-refractivity contribution is 0.00332. The van der Waals surface area contributed by atoms with E-state index in [1.165, 1.54) is 6.07 Å². The molecule has 0 radical (unpaired) electrons. The van der Waals surface area contributed by atoms with Crippen LogP contribution in [-0.2, 0) is 15.6 Å². The second-order valence-corrected chi connectivity index (χ2v) is 5.85. The fourth-order valence-electron chi connectivity index (χ4n) is 2.21. The minimum atomic E-state index is -3.80. The molecule has 2 rings (SSSR count). The van der Waals surface area contributed by atoms with Crippen LogP contribution in [0.15, 0.2) is 29.2 Å². The molecule has 17 heavy (non-hydrogen) atoms. The number of piperidine rings is 1. The van der Waals surface area contributed by atoms with Crippen molar-refractivity contribution in [1.82, 2.24) is 5.32 Å². The minimum absolute atomic E-state index is 0.0180. The summed E-state index contributed by atoms with van der Waals surface area (Å²) in [4.78, 5) is 0.0180. The molecule has 1 aromatic carbocycles. The molecule has 5 nitrogen and oxygen atoms in total. The van der Waals surface area contributed by atoms with Crippen LogP contribution in [0.25, 0.3) is 0 Å². The predicted molar refractivity (Wildman–Crippen MR) is 63.8 cm³/mol. The largest absolute Gasteiger partial charge is 0.385 e. The van der Waals surface area contributed by atoms with Crippen LogP contribution in [0.5, 0.6) is 0 Å². The van der Waals surface area contributed by atoms with Gasteiger partial charge in [0.1, 0.15) is 0 Å². The predicted octanol–water partition coefficient (Wildman–Crippen LogP) is -0.0950. The normalized spacial score (nSPS) is 20.1. The third kappa shape index (κ3) is 2.50. The molecule has 1 aliphatic heterocycles. The van der Waals surface area contributed by atoms with Crippen molar-refractivity contribution in [1.29, 1.82) is 0 Å². The van der Waals surface area contributed by atoms with Gasteiger partial charge in [0, 0.05) is 5.56 Å². The molecule has 1 fully saturated rings. The maximum atomic E-state index is 11.5. The van der Waals surface area contributed by atoms with Crippen molar-refractivity contribution < 1.29 is 13.5 Å². The van der Waals surface area contributed by atoms with Crippen molar-refractivity contribution in [2.24, 2.45) is 5.14 Å². The quantitative estimate of drug-likeness (QED) is 0.689. The van der Waals surface area contributed by atoms with Crippen molar-refractivity contribution >= 4 is 10.0 Å². The number of nitrogens with two attached hydrogens (primary N) is 1. The Morgan fingerprint density at radius 3 is 2.41 bits per heavy atom. The van der Waals surface area contributed by atoms with Crippen molar-refractivity contribution in [3.05, 3.63) is 29.8 Å². The fourth-order valence-corrected chi connectivity index (χ4v) is 3.04. The Hall–Kier alpha value is -0.950. The van der Waals surface area contributed by atoms with Gasteiger partial charge in [-0.2, -0.15) is 0 Å². The van der Waals surface area contributed by atoms with E-state index in [0.717, 1.165) is 0 Å². The van der Waals surface area contributed by atoms with Crippen molar-refractivity contribution in [3.63, 3.8) is 0 Å². The minimum Gasteiger partial charge on any atom is -0.385 e. The van der Waals surface area contributed by atoms with E-state index in [1.54, 1.807) is 18.2 Å². The summed E-state index contributed by atoms with van der Waals surface area (Å²) in [6.07, 6.45) is 0.971. The molecule has 1 aromatic rings. The van der Waals surface area contributed by atoms with Gasteiger partial charge >= 0.3 is 0 Å². The summed E-state index contributed by atoms with van der Waals surface area (Å²) in [6.45, 7) is 1.32. The smallest absolute Gasteiger partial charge is 0.238 e. The van der Waals surface area contributed by atoms with E-state index < -0.39 is 15.6 Å². The lowest BCUT2D eigenvalue weighted by Gasteiger charge is -2.34. The Balaban J connectivity index is 2.51. The second kappa shape index (κ2) is 4.38. The van der Waals surface area contributed by atoms with E-state index in [1.807, 2.05) is 0 Å². The molecule has 1 saturated heterocycles. The van der Waals surface area contributed by atoms with Gasteiger partial charge in [-0.25, -0.2) is 13.6 Å². The first-order chi connectivity index (χ1) is 7.93. The molecule has 4 N–H and O–H groups in total. The first kappa shape index (κ1) is 12.5. The van der Waals surface area contributed by atoms with E-state index in [9.17, 15) is 13.5 Å². The highest BCUT2D eigenvalue weighted by Gasteiger charge is 2.34. The van der Waals surface area contributed by atoms with Crippen LogP contribution in [-0.4, -0.2) is 26.6 Å². The third-order valence-electron chi connectivity index (χ3n) is 3.13. The lowest BCUT2D eigenvalue weighted by Crippen LogP contribution is -2.40. The standard InChI is InChI=1S/C11H16N2O3S/c12-17(15,16)10-4-2-1-3-9(10)11(14)5-7-13-8-6-11/h1-4,13-14H,5-8H2,(H2,12,15,16). The van der Waals surface area contributed by atoms with Gasteiger partial charge in [-0.1, -0.05) is 18.2 Å². The maximum Gasteiger partial charge on any atom is 0.238 e. The summed E-state index contributed by atoms with van der Waals surface area (Å²) in [5.41, 5.74) is -0.696. The highest BCUT2D eigenvalue weighted by molar-refractivity contribution is 7.89. The summed E-state index contributed by atoms with van der Waals surface area (Å²) >= 11 is 0. The summed E-state index contributed by atoms with van der Waals surface area (Å²) in [5.74, 6) is 0. The van der Waals surface area contributed by atoms with E-state index in [0.29, 0.717) is 31.5 Å². The van der Waals surface area contributed by atoms with Gasteiger partial charge in [-0.3, -0.25) is 0 Å². The highest BCUT2D eigenvalue weighted by Crippen LogP contribution is 2.34. The SMILES string of the molecule is NS(=O)(=O)c1ccccc1C1(O)CCNCC1. The van der Waals surface area contributed by atoms with Crippen molar-refractivity contribution in [2.45, 2.75) is 23.3 Å². The van der Waals surface area contributed by atoms with Crippen LogP contribution in [0.3, 0.4) is 0 Å². The average molecular weight is 256 g/mol. The lowest BCUT2D eigenvalue weighted by atomic mass is 9.85. The Kier molecular flexibility index (Phi) is 3.22. The number of aliphatic hydroxyl groups is 1. The zero-order valence-electron chi connectivity index (χ0n) is 9.39. The molecule has 0 saturated carbocycles. The Morgan fingerprint density at radius 1 is 1.24 bits per heavy atom. The topological polar surface area (TPSA) is 92.4 Å².